The molecule has 0 aliphatic rings. The summed E-state index contributed by atoms with van der Waals surface area (Å²) in [6, 6.07) is 9.54. The number of nitrogen functional groups attached to an aromatic ring is 1. The minimum Gasteiger partial charge on any atom is -0.382 e. The normalized spacial score (nSPS) is 11.7. The molecule has 0 saturated heterocycles. The Morgan fingerprint density at radius 2 is 2.13 bits per heavy atom. The van der Waals surface area contributed by atoms with Gasteiger partial charge < -0.3 is 16.4 Å². The van der Waals surface area contributed by atoms with Crippen LogP contribution in [0.1, 0.15) is 30.5 Å². The standard InChI is InChI=1S/C17H22N6/c1-13(14-5-6-15(10-18)23-12-14)11-20-7-3-9-21-16-4-2-8-22-17(16)19/h2,4-6,8,12-13,20-21H,3,7,9,11H2,1H3,(H2,19,22). The van der Waals surface area contributed by atoms with E-state index in [1.807, 2.05) is 24.3 Å². The van der Waals surface area contributed by atoms with E-state index in [4.69, 9.17) is 11.0 Å². The fourth-order valence-corrected chi connectivity index (χ4v) is 2.20. The van der Waals surface area contributed by atoms with Gasteiger partial charge in [0.2, 0.25) is 0 Å². The van der Waals surface area contributed by atoms with Crippen molar-refractivity contribution >= 4 is 11.5 Å². The highest BCUT2D eigenvalue weighted by Gasteiger charge is 2.05. The number of nitrogens with zero attached hydrogens (tertiary/aromatic N) is 3. The van der Waals surface area contributed by atoms with Gasteiger partial charge in [0.05, 0.1) is 5.69 Å². The van der Waals surface area contributed by atoms with Gasteiger partial charge in [0.1, 0.15) is 17.6 Å². The van der Waals surface area contributed by atoms with Crippen LogP contribution in [0.4, 0.5) is 11.5 Å². The van der Waals surface area contributed by atoms with Crippen molar-refractivity contribution in [2.45, 2.75) is 19.3 Å². The van der Waals surface area contributed by atoms with Crippen molar-refractivity contribution in [2.75, 3.05) is 30.7 Å². The number of nitrogens with two attached hydrogens (primary N) is 1. The average molecular weight is 310 g/mol. The minimum absolute atomic E-state index is 0.358. The molecule has 0 aliphatic carbocycles. The summed E-state index contributed by atoms with van der Waals surface area (Å²) in [6.45, 7) is 4.78. The molecule has 2 aromatic heterocycles. The van der Waals surface area contributed by atoms with Gasteiger partial charge in [-0.15, -0.1) is 0 Å². The quantitative estimate of drug-likeness (QED) is 0.646. The molecule has 6 heteroatoms. The predicted molar refractivity (Wildman–Crippen MR) is 92.0 cm³/mol. The predicted octanol–water partition coefficient (Wildman–Crippen LogP) is 2.13. The van der Waals surface area contributed by atoms with Crippen molar-refractivity contribution in [3.63, 3.8) is 0 Å². The highest BCUT2D eigenvalue weighted by molar-refractivity contribution is 5.60. The molecule has 4 N–H and O–H groups in total. The van der Waals surface area contributed by atoms with Gasteiger partial charge in [-0.2, -0.15) is 5.26 Å². The van der Waals surface area contributed by atoms with Gasteiger partial charge in [-0.25, -0.2) is 9.97 Å². The monoisotopic (exact) mass is 310 g/mol. The fourth-order valence-electron chi connectivity index (χ4n) is 2.20. The van der Waals surface area contributed by atoms with Crippen molar-refractivity contribution in [2.24, 2.45) is 0 Å². The maximum absolute atomic E-state index is 8.75. The van der Waals surface area contributed by atoms with Crippen LogP contribution in [0.5, 0.6) is 0 Å². The topological polar surface area (TPSA) is 99.6 Å². The maximum Gasteiger partial charge on any atom is 0.146 e. The molecule has 0 aliphatic heterocycles. The van der Waals surface area contributed by atoms with Crippen LogP contribution >= 0.6 is 0 Å². The van der Waals surface area contributed by atoms with Gasteiger partial charge >= 0.3 is 0 Å². The number of anilines is 2. The molecule has 6 nitrogen and oxygen atoms in total. The lowest BCUT2D eigenvalue weighted by Gasteiger charge is -2.13. The van der Waals surface area contributed by atoms with E-state index in [0.29, 0.717) is 17.4 Å². The van der Waals surface area contributed by atoms with Crippen LogP contribution in [0.25, 0.3) is 0 Å². The lowest BCUT2D eigenvalue weighted by Crippen LogP contribution is -2.23. The van der Waals surface area contributed by atoms with Crippen LogP contribution in [0.15, 0.2) is 36.7 Å². The highest BCUT2D eigenvalue weighted by atomic mass is 15.0. The number of hydrogen-bond acceptors (Lipinski definition) is 6. The molecule has 1 atom stereocenters. The van der Waals surface area contributed by atoms with Crippen LogP contribution in [0, 0.1) is 11.3 Å². The minimum atomic E-state index is 0.358. The van der Waals surface area contributed by atoms with Crippen molar-refractivity contribution in [1.29, 1.82) is 5.26 Å². The number of nitrogens with one attached hydrogen (secondary N) is 2. The van der Waals surface area contributed by atoms with Gasteiger partial charge in [-0.05, 0) is 42.6 Å². The first-order valence-corrected chi connectivity index (χ1v) is 7.72. The molecule has 23 heavy (non-hydrogen) atoms. The molecule has 0 aromatic carbocycles. The first-order chi connectivity index (χ1) is 11.2. The summed E-state index contributed by atoms with van der Waals surface area (Å²) in [7, 11) is 0. The van der Waals surface area contributed by atoms with Crippen molar-refractivity contribution in [3.8, 4) is 6.07 Å². The van der Waals surface area contributed by atoms with Gasteiger partial charge in [-0.3, -0.25) is 0 Å². The Kier molecular flexibility index (Phi) is 6.33. The summed E-state index contributed by atoms with van der Waals surface area (Å²) in [6.07, 6.45) is 4.45. The van der Waals surface area contributed by atoms with E-state index in [1.54, 1.807) is 18.5 Å². The number of hydrogen-bond donors (Lipinski definition) is 3. The van der Waals surface area contributed by atoms with E-state index in [2.05, 4.69) is 27.5 Å². The molecule has 0 saturated carbocycles. The largest absolute Gasteiger partial charge is 0.382 e. The van der Waals surface area contributed by atoms with E-state index >= 15 is 0 Å². The van der Waals surface area contributed by atoms with Crippen LogP contribution < -0.4 is 16.4 Å². The summed E-state index contributed by atoms with van der Waals surface area (Å²) >= 11 is 0. The van der Waals surface area contributed by atoms with Crippen molar-refractivity contribution in [1.82, 2.24) is 15.3 Å². The Morgan fingerprint density at radius 1 is 1.26 bits per heavy atom. The molecule has 0 fully saturated rings. The third-order valence-corrected chi connectivity index (χ3v) is 3.60. The molecule has 0 bridgehead atoms. The van der Waals surface area contributed by atoms with E-state index in [0.717, 1.165) is 37.3 Å². The summed E-state index contributed by atoms with van der Waals surface area (Å²) in [5.41, 5.74) is 8.24. The van der Waals surface area contributed by atoms with Crippen LogP contribution in [-0.4, -0.2) is 29.6 Å². The molecular weight excluding hydrogens is 288 g/mol. The van der Waals surface area contributed by atoms with Gasteiger partial charge in [-0.1, -0.05) is 13.0 Å². The molecule has 2 heterocycles. The Labute approximate surface area is 136 Å². The van der Waals surface area contributed by atoms with Crippen LogP contribution in [0.2, 0.25) is 0 Å². The lowest BCUT2D eigenvalue weighted by molar-refractivity contribution is 0.602. The number of pyridine rings is 2. The summed E-state index contributed by atoms with van der Waals surface area (Å²) in [4.78, 5) is 8.14. The average Bonchev–Trinajstić information content (AvgIpc) is 2.59. The highest BCUT2D eigenvalue weighted by Crippen LogP contribution is 2.14. The zero-order chi connectivity index (χ0) is 16.5. The van der Waals surface area contributed by atoms with E-state index in [1.165, 1.54) is 0 Å². The molecule has 0 amide bonds. The van der Waals surface area contributed by atoms with E-state index < -0.39 is 0 Å². The molecular formula is C17H22N6. The molecule has 120 valence electrons. The number of aromatic nitrogens is 2. The summed E-state index contributed by atoms with van der Waals surface area (Å²) in [5.74, 6) is 0.888. The molecule has 0 radical (unpaired) electrons. The second-order valence-corrected chi connectivity index (χ2v) is 5.41. The van der Waals surface area contributed by atoms with Crippen molar-refractivity contribution < 1.29 is 0 Å². The third kappa shape index (κ3) is 5.24. The molecule has 0 spiro atoms. The SMILES string of the molecule is CC(CNCCCNc1cccnc1N)c1ccc(C#N)nc1. The molecule has 2 rings (SSSR count). The third-order valence-electron chi connectivity index (χ3n) is 3.60. The molecule has 1 unspecified atom stereocenters. The van der Waals surface area contributed by atoms with Crippen LogP contribution in [0.3, 0.4) is 0 Å². The van der Waals surface area contributed by atoms with Crippen LogP contribution in [-0.2, 0) is 0 Å². The zero-order valence-corrected chi connectivity index (χ0v) is 13.3. The first-order valence-electron chi connectivity index (χ1n) is 7.72. The Bertz CT molecular complexity index is 647. The molecule has 2 aromatic rings. The second-order valence-electron chi connectivity index (χ2n) is 5.41. The zero-order valence-electron chi connectivity index (χ0n) is 13.3. The van der Waals surface area contributed by atoms with Gasteiger partial charge in [0.15, 0.2) is 0 Å². The maximum atomic E-state index is 8.75. The summed E-state index contributed by atoms with van der Waals surface area (Å²) in [5, 5.41) is 15.5. The first kappa shape index (κ1) is 16.7. The van der Waals surface area contributed by atoms with Gasteiger partial charge in [0.25, 0.3) is 0 Å². The van der Waals surface area contributed by atoms with Gasteiger partial charge in [0, 0.05) is 25.5 Å². The lowest BCUT2D eigenvalue weighted by atomic mass is 10.0. The Hall–Kier alpha value is -2.65. The fraction of sp³-hybridized carbons (Fsp3) is 0.353. The number of rotatable bonds is 8. The summed E-state index contributed by atoms with van der Waals surface area (Å²) < 4.78 is 0. The Morgan fingerprint density at radius 3 is 2.83 bits per heavy atom. The Balaban J connectivity index is 1.63. The van der Waals surface area contributed by atoms with E-state index in [-0.39, 0.29) is 0 Å². The number of nitriles is 1. The second kappa shape index (κ2) is 8.71. The van der Waals surface area contributed by atoms with Crippen molar-refractivity contribution in [3.05, 3.63) is 47.9 Å². The van der Waals surface area contributed by atoms with E-state index in [9.17, 15) is 0 Å². The smallest absolute Gasteiger partial charge is 0.146 e.